The summed E-state index contributed by atoms with van der Waals surface area (Å²) >= 11 is 6.11. The Morgan fingerprint density at radius 1 is 1.50 bits per heavy atom. The van der Waals surface area contributed by atoms with Gasteiger partial charge in [0.25, 0.3) is 0 Å². The lowest BCUT2D eigenvalue weighted by molar-refractivity contribution is 0.192. The van der Waals surface area contributed by atoms with Crippen molar-refractivity contribution in [3.63, 3.8) is 0 Å². The number of hydrogen-bond donors (Lipinski definition) is 1. The number of sulfonamides is 1. The monoisotopic (exact) mass is 320 g/mol. The van der Waals surface area contributed by atoms with E-state index in [-0.39, 0.29) is 22.0 Å². The van der Waals surface area contributed by atoms with Crippen LogP contribution in [-0.4, -0.2) is 41.6 Å². The number of piperidine rings is 1. The quantitative estimate of drug-likeness (QED) is 0.905. The highest BCUT2D eigenvalue weighted by Gasteiger charge is 2.39. The molecule has 8 heteroatoms. The summed E-state index contributed by atoms with van der Waals surface area (Å²) in [5, 5.41) is 4.24. The molecule has 2 N–H and O–H groups in total. The first kappa shape index (κ1) is 15.8. The molecule has 0 bridgehead atoms. The van der Waals surface area contributed by atoms with E-state index in [9.17, 15) is 8.42 Å². The van der Waals surface area contributed by atoms with Crippen molar-refractivity contribution in [1.82, 2.24) is 14.1 Å². The van der Waals surface area contributed by atoms with Gasteiger partial charge in [-0.1, -0.05) is 18.5 Å². The van der Waals surface area contributed by atoms with E-state index in [1.807, 2.05) is 6.92 Å². The van der Waals surface area contributed by atoms with Gasteiger partial charge in [0.05, 0.1) is 5.69 Å². The third-order valence-corrected chi connectivity index (χ3v) is 6.59. The fourth-order valence-electron chi connectivity index (χ4n) is 2.88. The first-order chi connectivity index (χ1) is 9.30. The van der Waals surface area contributed by atoms with Gasteiger partial charge in [0, 0.05) is 26.2 Å². The van der Waals surface area contributed by atoms with Crippen LogP contribution < -0.4 is 5.73 Å². The molecular formula is C12H21ClN4O2S. The molecule has 0 aliphatic carbocycles. The van der Waals surface area contributed by atoms with E-state index in [0.717, 1.165) is 12.8 Å². The molecule has 1 aromatic rings. The summed E-state index contributed by atoms with van der Waals surface area (Å²) in [6, 6.07) is -0.176. The van der Waals surface area contributed by atoms with Crippen LogP contribution in [0.1, 0.15) is 25.5 Å². The molecule has 0 aromatic carbocycles. The van der Waals surface area contributed by atoms with Crippen LogP contribution in [0.25, 0.3) is 0 Å². The summed E-state index contributed by atoms with van der Waals surface area (Å²) < 4.78 is 28.7. The Hall–Kier alpha value is -0.630. The van der Waals surface area contributed by atoms with Crippen LogP contribution in [0.15, 0.2) is 4.90 Å². The summed E-state index contributed by atoms with van der Waals surface area (Å²) in [5.41, 5.74) is 6.20. The standard InChI is InChI=1S/C12H21ClN4O2S/c1-8-5-4-6-17(10(8)7-14)20(18,19)11-9(2)15-16(3)12(11)13/h8,10H,4-7,14H2,1-3H3/t8-,10-/m0/s1. The summed E-state index contributed by atoms with van der Waals surface area (Å²) in [5.74, 6) is 0.249. The Morgan fingerprint density at radius 2 is 2.15 bits per heavy atom. The highest BCUT2D eigenvalue weighted by atomic mass is 35.5. The zero-order valence-corrected chi connectivity index (χ0v) is 13.6. The fraction of sp³-hybridized carbons (Fsp3) is 0.750. The zero-order valence-electron chi connectivity index (χ0n) is 12.0. The Morgan fingerprint density at radius 3 is 2.65 bits per heavy atom. The molecule has 0 amide bonds. The molecule has 1 aliphatic rings. The highest BCUT2D eigenvalue weighted by molar-refractivity contribution is 7.89. The minimum absolute atomic E-state index is 0.106. The topological polar surface area (TPSA) is 81.2 Å². The largest absolute Gasteiger partial charge is 0.329 e. The van der Waals surface area contributed by atoms with E-state index < -0.39 is 10.0 Å². The summed E-state index contributed by atoms with van der Waals surface area (Å²) in [4.78, 5) is 0.106. The Labute approximate surface area is 124 Å². The first-order valence-electron chi connectivity index (χ1n) is 6.71. The van der Waals surface area contributed by atoms with E-state index in [1.165, 1.54) is 8.99 Å². The van der Waals surface area contributed by atoms with Crippen molar-refractivity contribution in [1.29, 1.82) is 0 Å². The molecule has 6 nitrogen and oxygen atoms in total. The minimum Gasteiger partial charge on any atom is -0.329 e. The van der Waals surface area contributed by atoms with Gasteiger partial charge in [-0.25, -0.2) is 8.42 Å². The van der Waals surface area contributed by atoms with Gasteiger partial charge in [0.15, 0.2) is 0 Å². The van der Waals surface area contributed by atoms with Crippen LogP contribution in [0.5, 0.6) is 0 Å². The maximum atomic E-state index is 12.9. The normalized spacial score (nSPS) is 25.1. The smallest absolute Gasteiger partial charge is 0.248 e. The van der Waals surface area contributed by atoms with E-state index in [2.05, 4.69) is 5.10 Å². The molecular weight excluding hydrogens is 300 g/mol. The van der Waals surface area contributed by atoms with E-state index in [0.29, 0.717) is 18.8 Å². The predicted molar refractivity (Wildman–Crippen MR) is 78.1 cm³/mol. The molecule has 114 valence electrons. The number of rotatable bonds is 3. The van der Waals surface area contributed by atoms with Gasteiger partial charge in [0.2, 0.25) is 10.0 Å². The second-order valence-corrected chi connectivity index (χ2v) is 7.55. The molecule has 2 heterocycles. The van der Waals surface area contributed by atoms with Crippen LogP contribution in [0, 0.1) is 12.8 Å². The Kier molecular flexibility index (Phi) is 4.44. The maximum absolute atomic E-state index is 12.9. The average molecular weight is 321 g/mol. The molecule has 2 rings (SSSR count). The summed E-state index contributed by atoms with van der Waals surface area (Å²) in [6.07, 6.45) is 1.83. The van der Waals surface area contributed by atoms with Crippen LogP contribution in [0.4, 0.5) is 0 Å². The number of hydrogen-bond acceptors (Lipinski definition) is 4. The van der Waals surface area contributed by atoms with Crippen molar-refractivity contribution in [2.24, 2.45) is 18.7 Å². The number of aryl methyl sites for hydroxylation is 2. The Balaban J connectivity index is 2.48. The molecule has 0 radical (unpaired) electrons. The van der Waals surface area contributed by atoms with Crippen molar-refractivity contribution in [3.8, 4) is 0 Å². The third kappa shape index (κ3) is 2.47. The van der Waals surface area contributed by atoms with Crippen molar-refractivity contribution >= 4 is 21.6 Å². The number of nitrogens with zero attached hydrogens (tertiary/aromatic N) is 3. The average Bonchev–Trinajstić information content (AvgIpc) is 2.63. The van der Waals surface area contributed by atoms with Crippen LogP contribution in [0.2, 0.25) is 5.15 Å². The molecule has 1 saturated heterocycles. The van der Waals surface area contributed by atoms with Crippen molar-refractivity contribution < 1.29 is 8.42 Å². The first-order valence-corrected chi connectivity index (χ1v) is 8.53. The van der Waals surface area contributed by atoms with Crippen LogP contribution in [0.3, 0.4) is 0 Å². The zero-order chi connectivity index (χ0) is 15.1. The number of halogens is 1. The summed E-state index contributed by atoms with van der Waals surface area (Å²) in [6.45, 7) is 4.50. The van der Waals surface area contributed by atoms with Crippen molar-refractivity contribution in [2.45, 2.75) is 37.6 Å². The lowest BCUT2D eigenvalue weighted by Crippen LogP contribution is -2.51. The van der Waals surface area contributed by atoms with Crippen molar-refractivity contribution in [3.05, 3.63) is 10.8 Å². The fourth-order valence-corrected chi connectivity index (χ4v) is 5.36. The molecule has 2 atom stereocenters. The Bertz CT molecular complexity index is 599. The molecule has 0 saturated carbocycles. The highest BCUT2D eigenvalue weighted by Crippen LogP contribution is 2.33. The molecule has 0 spiro atoms. The second-order valence-electron chi connectivity index (χ2n) is 5.37. The lowest BCUT2D eigenvalue weighted by atomic mass is 9.93. The molecule has 1 fully saturated rings. The lowest BCUT2D eigenvalue weighted by Gasteiger charge is -2.38. The minimum atomic E-state index is -3.66. The van der Waals surface area contributed by atoms with E-state index >= 15 is 0 Å². The number of aromatic nitrogens is 2. The van der Waals surface area contributed by atoms with E-state index in [4.69, 9.17) is 17.3 Å². The number of nitrogens with two attached hydrogens (primary N) is 1. The van der Waals surface area contributed by atoms with Crippen molar-refractivity contribution in [2.75, 3.05) is 13.1 Å². The SMILES string of the molecule is Cc1nn(C)c(Cl)c1S(=O)(=O)N1CCC[C@H](C)[C@@H]1CN. The van der Waals surface area contributed by atoms with Gasteiger partial charge in [-0.3, -0.25) is 4.68 Å². The summed E-state index contributed by atoms with van der Waals surface area (Å²) in [7, 11) is -2.03. The molecule has 1 aliphatic heterocycles. The van der Waals surface area contributed by atoms with Gasteiger partial charge in [0.1, 0.15) is 10.0 Å². The predicted octanol–water partition coefficient (Wildman–Crippen LogP) is 1.13. The van der Waals surface area contributed by atoms with Gasteiger partial charge >= 0.3 is 0 Å². The third-order valence-electron chi connectivity index (χ3n) is 3.97. The van der Waals surface area contributed by atoms with Gasteiger partial charge in [-0.2, -0.15) is 9.40 Å². The van der Waals surface area contributed by atoms with Crippen LogP contribution >= 0.6 is 11.6 Å². The van der Waals surface area contributed by atoms with Gasteiger partial charge in [-0.05, 0) is 25.7 Å². The van der Waals surface area contributed by atoms with Gasteiger partial charge in [-0.15, -0.1) is 0 Å². The molecule has 1 aromatic heterocycles. The van der Waals surface area contributed by atoms with Gasteiger partial charge < -0.3 is 5.73 Å². The molecule has 20 heavy (non-hydrogen) atoms. The van der Waals surface area contributed by atoms with Crippen LogP contribution in [-0.2, 0) is 17.1 Å². The van der Waals surface area contributed by atoms with E-state index in [1.54, 1.807) is 14.0 Å². The molecule has 0 unspecified atom stereocenters. The second kappa shape index (κ2) is 5.63. The maximum Gasteiger partial charge on any atom is 0.248 e.